The minimum absolute atomic E-state index is 0.223. The highest BCUT2D eigenvalue weighted by molar-refractivity contribution is 5.95. The van der Waals surface area contributed by atoms with Gasteiger partial charge in [0.15, 0.2) is 0 Å². The summed E-state index contributed by atoms with van der Waals surface area (Å²) in [5.41, 5.74) is 4.73. The third-order valence-electron chi connectivity index (χ3n) is 3.63. The smallest absolute Gasteiger partial charge is 0.257 e. The lowest BCUT2D eigenvalue weighted by molar-refractivity contribution is 0.0886. The number of hydrogen-bond acceptors (Lipinski definition) is 2. The van der Waals surface area contributed by atoms with Crippen molar-refractivity contribution in [1.82, 2.24) is 5.32 Å². The number of benzene rings is 1. The average Bonchev–Trinajstić information content (AvgIpc) is 2.41. The fourth-order valence-electron chi connectivity index (χ4n) is 1.93. The molecule has 0 fully saturated rings. The minimum atomic E-state index is -0.862. The molecule has 0 aliphatic carbocycles. The fraction of sp³-hybridized carbons (Fsp3) is 0.500. The van der Waals surface area contributed by atoms with Gasteiger partial charge in [0, 0.05) is 6.54 Å². The van der Waals surface area contributed by atoms with Gasteiger partial charge < -0.3 is 11.1 Å². The second-order valence-electron chi connectivity index (χ2n) is 4.70. The number of aryl methyl sites for hydroxylation is 1. The molecular weight excluding hydrogens is 250 g/mol. The van der Waals surface area contributed by atoms with Gasteiger partial charge in [0.2, 0.25) is 0 Å². The van der Waals surface area contributed by atoms with E-state index in [1.54, 1.807) is 0 Å². The molecule has 1 aromatic carbocycles. The van der Waals surface area contributed by atoms with Gasteiger partial charge in [-0.1, -0.05) is 19.9 Å². The van der Waals surface area contributed by atoms with Gasteiger partial charge in [-0.2, -0.15) is 0 Å². The van der Waals surface area contributed by atoms with E-state index in [1.165, 1.54) is 13.0 Å². The summed E-state index contributed by atoms with van der Waals surface area (Å²) in [6.07, 6.45) is 1.20. The first-order valence-corrected chi connectivity index (χ1v) is 6.38. The van der Waals surface area contributed by atoms with Crippen LogP contribution >= 0.6 is 0 Å². The quantitative estimate of drug-likeness (QED) is 0.863. The van der Waals surface area contributed by atoms with Crippen molar-refractivity contribution in [3.05, 3.63) is 34.9 Å². The molecule has 0 radical (unpaired) electrons. The number of carbonyl (C=O) groups is 1. The number of nitrogens with one attached hydrogen (secondary N) is 1. The number of hydrogen-bond donors (Lipinski definition) is 2. The molecule has 0 unspecified atom stereocenters. The molecule has 0 spiro atoms. The first-order chi connectivity index (χ1) is 8.90. The topological polar surface area (TPSA) is 55.1 Å². The lowest BCUT2D eigenvalue weighted by Crippen LogP contribution is -2.53. The monoisotopic (exact) mass is 270 g/mol. The molecule has 0 saturated carbocycles. The highest BCUT2D eigenvalue weighted by Gasteiger charge is 2.29. The van der Waals surface area contributed by atoms with Crippen LogP contribution < -0.4 is 11.1 Å². The summed E-state index contributed by atoms with van der Waals surface area (Å²) in [5, 5.41) is 2.66. The Labute approximate surface area is 112 Å². The average molecular weight is 270 g/mol. The predicted octanol–water partition coefficient (Wildman–Crippen LogP) is 2.52. The van der Waals surface area contributed by atoms with Crippen LogP contribution in [0.25, 0.3) is 0 Å². The Balaban J connectivity index is 3.11. The van der Waals surface area contributed by atoms with Crippen LogP contribution in [0, 0.1) is 18.6 Å². The van der Waals surface area contributed by atoms with Gasteiger partial charge in [0.25, 0.3) is 5.91 Å². The molecule has 1 amide bonds. The van der Waals surface area contributed by atoms with Crippen molar-refractivity contribution in [2.24, 2.45) is 5.73 Å². The van der Waals surface area contributed by atoms with E-state index in [0.29, 0.717) is 12.8 Å². The highest BCUT2D eigenvalue weighted by atomic mass is 19.1. The first kappa shape index (κ1) is 15.6. The molecule has 1 aromatic rings. The lowest BCUT2D eigenvalue weighted by Gasteiger charge is -2.31. The normalized spacial score (nSPS) is 11.5. The van der Waals surface area contributed by atoms with E-state index in [9.17, 15) is 13.6 Å². The van der Waals surface area contributed by atoms with Crippen LogP contribution in [0.2, 0.25) is 0 Å². The molecular formula is C14H20F2N2O. The summed E-state index contributed by atoms with van der Waals surface area (Å²) in [7, 11) is 0. The molecule has 19 heavy (non-hydrogen) atoms. The zero-order valence-electron chi connectivity index (χ0n) is 11.5. The van der Waals surface area contributed by atoms with E-state index >= 15 is 0 Å². The SMILES string of the molecule is CCC(CC)(CN)NC(=O)c1c(F)ccc(C)c1F. The predicted molar refractivity (Wildman–Crippen MR) is 70.9 cm³/mol. The third-order valence-corrected chi connectivity index (χ3v) is 3.63. The zero-order valence-corrected chi connectivity index (χ0v) is 11.5. The van der Waals surface area contributed by atoms with E-state index in [-0.39, 0.29) is 12.1 Å². The minimum Gasteiger partial charge on any atom is -0.345 e. The maximum absolute atomic E-state index is 13.9. The van der Waals surface area contributed by atoms with E-state index in [1.807, 2.05) is 13.8 Å². The lowest BCUT2D eigenvalue weighted by atomic mass is 9.92. The van der Waals surface area contributed by atoms with Crippen LogP contribution in [-0.2, 0) is 0 Å². The third kappa shape index (κ3) is 3.10. The van der Waals surface area contributed by atoms with Gasteiger partial charge in [0.05, 0.1) is 5.54 Å². The molecule has 0 bridgehead atoms. The summed E-state index contributed by atoms with van der Waals surface area (Å²) in [5.74, 6) is -2.44. The number of amides is 1. The molecule has 106 valence electrons. The van der Waals surface area contributed by atoms with Gasteiger partial charge in [-0.15, -0.1) is 0 Å². The van der Waals surface area contributed by atoms with E-state index in [4.69, 9.17) is 5.73 Å². The van der Waals surface area contributed by atoms with Crippen molar-refractivity contribution in [3.8, 4) is 0 Å². The van der Waals surface area contributed by atoms with Crippen molar-refractivity contribution >= 4 is 5.91 Å². The van der Waals surface area contributed by atoms with Crippen LogP contribution in [-0.4, -0.2) is 18.0 Å². The highest BCUT2D eigenvalue weighted by Crippen LogP contribution is 2.19. The van der Waals surface area contributed by atoms with E-state index < -0.39 is 28.6 Å². The summed E-state index contributed by atoms with van der Waals surface area (Å²) in [4.78, 5) is 12.1. The van der Waals surface area contributed by atoms with Crippen molar-refractivity contribution < 1.29 is 13.6 Å². The van der Waals surface area contributed by atoms with Gasteiger partial charge in [-0.25, -0.2) is 8.78 Å². The van der Waals surface area contributed by atoms with Crippen molar-refractivity contribution in [3.63, 3.8) is 0 Å². The maximum Gasteiger partial charge on any atom is 0.257 e. The molecule has 3 N–H and O–H groups in total. The second-order valence-corrected chi connectivity index (χ2v) is 4.70. The van der Waals surface area contributed by atoms with Crippen LogP contribution in [0.15, 0.2) is 12.1 Å². The molecule has 0 atom stereocenters. The van der Waals surface area contributed by atoms with E-state index in [2.05, 4.69) is 5.32 Å². The number of halogens is 2. The van der Waals surface area contributed by atoms with Crippen LogP contribution in [0.3, 0.4) is 0 Å². The van der Waals surface area contributed by atoms with E-state index in [0.717, 1.165) is 6.07 Å². The summed E-state index contributed by atoms with van der Waals surface area (Å²) < 4.78 is 27.5. The Kier molecular flexibility index (Phi) is 5.00. The van der Waals surface area contributed by atoms with Gasteiger partial charge in [-0.05, 0) is 31.4 Å². The Hall–Kier alpha value is -1.49. The largest absolute Gasteiger partial charge is 0.345 e. The van der Waals surface area contributed by atoms with Crippen molar-refractivity contribution in [1.29, 1.82) is 0 Å². The van der Waals surface area contributed by atoms with Gasteiger partial charge in [0.1, 0.15) is 17.2 Å². The summed E-state index contributed by atoms with van der Waals surface area (Å²) in [6, 6.07) is 2.40. The molecule has 0 aromatic heterocycles. The van der Waals surface area contributed by atoms with Crippen LogP contribution in [0.1, 0.15) is 42.6 Å². The molecule has 3 nitrogen and oxygen atoms in total. The molecule has 0 aliphatic rings. The van der Waals surface area contributed by atoms with Crippen molar-refractivity contribution in [2.75, 3.05) is 6.54 Å². The number of carbonyl (C=O) groups excluding carboxylic acids is 1. The van der Waals surface area contributed by atoms with Crippen molar-refractivity contribution in [2.45, 2.75) is 39.2 Å². The summed E-state index contributed by atoms with van der Waals surface area (Å²) in [6.45, 7) is 5.46. The number of rotatable bonds is 5. The van der Waals surface area contributed by atoms with Crippen LogP contribution in [0.5, 0.6) is 0 Å². The molecule has 1 rings (SSSR count). The van der Waals surface area contributed by atoms with Crippen LogP contribution in [0.4, 0.5) is 8.78 Å². The Morgan fingerprint density at radius 3 is 2.37 bits per heavy atom. The molecule has 5 heteroatoms. The summed E-state index contributed by atoms with van der Waals surface area (Å²) >= 11 is 0. The Bertz CT molecular complexity index is 462. The zero-order chi connectivity index (χ0) is 14.6. The molecule has 0 aliphatic heterocycles. The fourth-order valence-corrected chi connectivity index (χ4v) is 1.93. The Morgan fingerprint density at radius 2 is 1.89 bits per heavy atom. The standard InChI is InChI=1S/C14H20F2N2O/c1-4-14(5-2,8-17)18-13(19)11-10(15)7-6-9(3)12(11)16/h6-7H,4-5,8,17H2,1-3H3,(H,18,19). The number of nitrogens with two attached hydrogens (primary N) is 1. The maximum atomic E-state index is 13.9. The Morgan fingerprint density at radius 1 is 1.32 bits per heavy atom. The first-order valence-electron chi connectivity index (χ1n) is 6.38. The van der Waals surface area contributed by atoms with Gasteiger partial charge in [-0.3, -0.25) is 4.79 Å². The van der Waals surface area contributed by atoms with Gasteiger partial charge >= 0.3 is 0 Å². The molecule has 0 heterocycles. The molecule has 0 saturated heterocycles. The second kappa shape index (κ2) is 6.10.